The number of methoxy groups -OCH3 is 1. The zero-order chi connectivity index (χ0) is 76.8. The van der Waals surface area contributed by atoms with E-state index >= 15 is 0 Å². The van der Waals surface area contributed by atoms with Gasteiger partial charge < -0.3 is 34.6 Å². The largest absolute Gasteiger partial charge is 0.505 e. The first-order chi connectivity index (χ1) is 50.8. The average Bonchev–Trinajstić information content (AvgIpc) is 1.58. The van der Waals surface area contributed by atoms with Crippen LogP contribution in [0.3, 0.4) is 0 Å². The van der Waals surface area contributed by atoms with Crippen molar-refractivity contribution in [2.45, 2.75) is 71.6 Å². The quantitative estimate of drug-likeness (QED) is 0.0226. The molecule has 0 aliphatic heterocycles. The summed E-state index contributed by atoms with van der Waals surface area (Å²) >= 11 is 12.7. The lowest BCUT2D eigenvalue weighted by atomic mass is 10.1. The number of phenols is 1. The Morgan fingerprint density at radius 1 is 0.509 bits per heavy atom. The molecule has 18 nitrogen and oxygen atoms in total. The molecule has 8 aromatic carbocycles. The van der Waals surface area contributed by atoms with Crippen molar-refractivity contribution in [1.29, 1.82) is 0 Å². The number of fused-ring (bicyclic) bond motifs is 2. The Balaban J connectivity index is 0.000000184. The number of phenolic OH excluding ortho intramolecular Hbond substituents is 1. The fourth-order valence-electron chi connectivity index (χ4n) is 10.1. The van der Waals surface area contributed by atoms with Crippen molar-refractivity contribution >= 4 is 69.7 Å². The molecule has 0 radical (unpaired) electrons. The van der Waals surface area contributed by atoms with Gasteiger partial charge in [0.05, 0.1) is 35.4 Å². The summed E-state index contributed by atoms with van der Waals surface area (Å²) in [6.07, 6.45) is 14.7. The van der Waals surface area contributed by atoms with Gasteiger partial charge in [-0.25, -0.2) is 61.3 Å². The second-order valence-corrected chi connectivity index (χ2v) is 24.7. The first-order valence-electron chi connectivity index (χ1n) is 32.8. The van der Waals surface area contributed by atoms with Crippen LogP contribution in [0.2, 0.25) is 10.0 Å². The predicted octanol–water partition coefficient (Wildman–Crippen LogP) is 16.7. The minimum Gasteiger partial charge on any atom is -0.505 e. The van der Waals surface area contributed by atoms with Crippen LogP contribution in [0, 0.1) is 48.8 Å². The fraction of sp³-hybridized carbons (Fsp3) is 0.200. The Hall–Kier alpha value is -11.6. The summed E-state index contributed by atoms with van der Waals surface area (Å²) < 4.78 is 81.5. The van der Waals surface area contributed by atoms with Gasteiger partial charge in [0.2, 0.25) is 5.91 Å². The van der Waals surface area contributed by atoms with Crippen molar-refractivity contribution in [3.8, 4) is 34.3 Å². The van der Waals surface area contributed by atoms with Crippen molar-refractivity contribution in [2.24, 2.45) is 0 Å². The average molecular weight is 1490 g/mol. The van der Waals surface area contributed by atoms with Crippen LogP contribution >= 0.6 is 23.2 Å². The number of aryl methyl sites for hydroxylation is 5. The van der Waals surface area contributed by atoms with E-state index in [-0.39, 0.29) is 53.0 Å². The highest BCUT2D eigenvalue weighted by Crippen LogP contribution is 2.39. The number of hydroxylamine groups is 2. The number of amides is 1. The van der Waals surface area contributed by atoms with Crippen LogP contribution in [0.1, 0.15) is 75.4 Å². The topological polar surface area (TPSA) is 243 Å². The van der Waals surface area contributed by atoms with E-state index < -0.39 is 5.97 Å². The van der Waals surface area contributed by atoms with E-state index in [0.29, 0.717) is 118 Å². The summed E-state index contributed by atoms with van der Waals surface area (Å²) in [4.78, 5) is 81.2. The molecule has 4 aromatic heterocycles. The molecule has 0 aliphatic carbocycles. The summed E-state index contributed by atoms with van der Waals surface area (Å²) in [5.41, 5.74) is 11.6. The van der Waals surface area contributed by atoms with Crippen LogP contribution in [0.25, 0.3) is 44.8 Å². The first kappa shape index (κ1) is 81.7. The van der Waals surface area contributed by atoms with Crippen molar-refractivity contribution in [1.82, 2.24) is 49.8 Å². The van der Waals surface area contributed by atoms with Crippen LogP contribution in [0.4, 0.5) is 26.3 Å². The minimum atomic E-state index is -0.834. The molecule has 12 rings (SSSR count). The van der Waals surface area contributed by atoms with E-state index in [1.807, 2.05) is 25.9 Å². The van der Waals surface area contributed by atoms with E-state index in [1.54, 1.807) is 137 Å². The van der Waals surface area contributed by atoms with Crippen molar-refractivity contribution in [3.63, 3.8) is 0 Å². The lowest BCUT2D eigenvalue weighted by molar-refractivity contribution is -0.168. The molecule has 550 valence electrons. The summed E-state index contributed by atoms with van der Waals surface area (Å²) in [7, 11) is 8.30. The number of ether oxygens (including phenoxy) is 1. The molecule has 0 unspecified atom stereocenters. The van der Waals surface area contributed by atoms with Gasteiger partial charge in [0, 0.05) is 96.2 Å². The van der Waals surface area contributed by atoms with Crippen LogP contribution in [0.15, 0.2) is 194 Å². The van der Waals surface area contributed by atoms with Gasteiger partial charge in [0.15, 0.2) is 23.1 Å². The van der Waals surface area contributed by atoms with Crippen LogP contribution < -0.4 is 4.74 Å². The van der Waals surface area contributed by atoms with Gasteiger partial charge in [-0.2, -0.15) is 0 Å². The number of carbonyl (C=O) groups excluding carboxylic acids is 3. The molecule has 0 saturated heterocycles. The fourth-order valence-corrected chi connectivity index (χ4v) is 10.6. The van der Waals surface area contributed by atoms with Crippen molar-refractivity contribution < 1.29 is 65.3 Å². The first-order valence-corrected chi connectivity index (χ1v) is 33.6. The maximum atomic E-state index is 13.0. The maximum absolute atomic E-state index is 13.0. The number of aldehydes is 2. The number of hydrogen-bond acceptors (Lipinski definition) is 14. The number of aromatic hydroxyl groups is 1. The molecule has 4 heterocycles. The molecule has 1 amide bonds. The Kier molecular flexibility index (Phi) is 31.6. The smallest absolute Gasteiger partial charge is 0.303 e. The third kappa shape index (κ3) is 26.0. The molecule has 26 heteroatoms. The molecule has 106 heavy (non-hydrogen) atoms. The van der Waals surface area contributed by atoms with Crippen LogP contribution in [-0.2, 0) is 62.5 Å². The van der Waals surface area contributed by atoms with Crippen molar-refractivity contribution in [3.05, 3.63) is 295 Å². The third-order valence-electron chi connectivity index (χ3n) is 15.4. The lowest BCUT2D eigenvalue weighted by Gasteiger charge is -2.13. The van der Waals surface area contributed by atoms with E-state index in [4.69, 9.17) is 37.9 Å². The normalized spacial score (nSPS) is 10.7. The van der Waals surface area contributed by atoms with Gasteiger partial charge in [-0.15, -0.1) is 0 Å². The standard InChI is InChI=1S/C20H16ClFN4O.C19H14ClFN4O.C12H14FNO.C11H14FNO2.C9H9FO2.C9H9FO/c1-11-25-17-16(21)8-15(19(27-2)18(17)26-11)20-23-9-13(10-24-20)7-12-3-5-14(22)6-4-12;1-10-24-16-15(20)7-14(18(26)17(16)25-10)19-22-8-12(9-23-19)6-11-2-4-13(21)5-3-11;1-14(2)8-11(9-15)7-10-3-5-12(13)6-4-10;1-13(15-2)11(14)8-5-9-3-6-10(12)7-4-9;10-8-4-1-7(2-5-8)3-6-9(11)12;10-9-5-3-8(4-6-9)2-1-7-11/h3-6,8-10H,7H2,1-2H3,(H,25,26);2-5,7-9,26H,6H2,1H3,(H,24,25);3-6,8-9H,7H2,1-2H3;3-4,6-7H,5,8H2,1-2H3;1-2,4-5H,3,6H2,(H,11,12);3-7H,1-2H2. The summed E-state index contributed by atoms with van der Waals surface area (Å²) in [5, 5.41) is 21.0. The number of carboxylic acids is 1. The second kappa shape index (κ2) is 41.0. The van der Waals surface area contributed by atoms with Gasteiger partial charge in [-0.1, -0.05) is 96.0 Å². The molecule has 0 aliphatic rings. The predicted molar refractivity (Wildman–Crippen MR) is 396 cm³/mol. The van der Waals surface area contributed by atoms with Crippen molar-refractivity contribution in [2.75, 3.05) is 35.4 Å². The van der Waals surface area contributed by atoms with Gasteiger partial charge in [-0.05, 0) is 163 Å². The number of aromatic nitrogens is 8. The molecule has 4 N–H and O–H groups in total. The van der Waals surface area contributed by atoms with Crippen LogP contribution in [-0.4, -0.2) is 120 Å². The van der Waals surface area contributed by atoms with Gasteiger partial charge in [-0.3, -0.25) is 19.2 Å². The number of H-pyrrole nitrogens is 2. The molecule has 0 saturated carbocycles. The highest BCUT2D eigenvalue weighted by Gasteiger charge is 2.20. The molecule has 0 bridgehead atoms. The summed E-state index contributed by atoms with van der Waals surface area (Å²) in [6.45, 7) is 3.65. The van der Waals surface area contributed by atoms with Gasteiger partial charge >= 0.3 is 5.97 Å². The molecular weight excluding hydrogens is 1410 g/mol. The number of nitrogens with one attached hydrogen (secondary N) is 2. The minimum absolute atomic E-state index is 0.0104. The SMILES string of the molecule is CN(C)C=C(C=O)Cc1ccc(F)cc1.CON(C)C(=O)CCc1ccc(F)cc1.COc1c(-c2ncc(Cc3ccc(F)cc3)cn2)cc(Cl)c2nc(C)[nH]c12.Cc1nc2c(Cl)cc(-c3ncc(Cc4ccc(F)cc4)cn3)c(O)c2[nH]1.O=C(O)CCc1ccc(F)cc1.O=CCCc1ccc(F)cc1. The molecule has 0 atom stereocenters. The number of halogens is 8. The Labute approximate surface area is 618 Å². The number of rotatable bonds is 21. The molecule has 12 aromatic rings. The Morgan fingerprint density at radius 2 is 0.877 bits per heavy atom. The number of aromatic amines is 2. The van der Waals surface area contributed by atoms with E-state index in [2.05, 4.69) is 39.9 Å². The zero-order valence-electron chi connectivity index (χ0n) is 58.9. The highest BCUT2D eigenvalue weighted by atomic mass is 35.5. The number of nitrogens with zero attached hydrogens (tertiary/aromatic N) is 8. The number of benzene rings is 8. The summed E-state index contributed by atoms with van der Waals surface area (Å²) in [6, 6.07) is 40.4. The lowest BCUT2D eigenvalue weighted by Crippen LogP contribution is -2.25. The number of carboxylic acid groups (broad SMARTS) is 1. The van der Waals surface area contributed by atoms with Crippen LogP contribution in [0.5, 0.6) is 11.5 Å². The monoisotopic (exact) mass is 1490 g/mol. The number of hydrogen-bond donors (Lipinski definition) is 4. The van der Waals surface area contributed by atoms with E-state index in [9.17, 15) is 50.6 Å². The zero-order valence-corrected chi connectivity index (χ0v) is 60.4. The number of imidazole rings is 2. The van der Waals surface area contributed by atoms with E-state index in [0.717, 1.165) is 68.4 Å². The molecular formula is C80H76Cl2F6N10O8. The summed E-state index contributed by atoms with van der Waals surface area (Å²) in [5.74, 6) is 0.376. The Morgan fingerprint density at radius 3 is 1.26 bits per heavy atom. The molecule has 0 spiro atoms. The third-order valence-corrected chi connectivity index (χ3v) is 16.0. The van der Waals surface area contributed by atoms with E-state index in [1.165, 1.54) is 85.0 Å². The highest BCUT2D eigenvalue weighted by molar-refractivity contribution is 6.36. The molecule has 0 fully saturated rings. The Bertz CT molecular complexity index is 4850. The second-order valence-electron chi connectivity index (χ2n) is 23.9. The number of aliphatic carboxylic acids is 1. The van der Waals surface area contributed by atoms with Gasteiger partial charge in [0.25, 0.3) is 0 Å². The van der Waals surface area contributed by atoms with Gasteiger partial charge in [0.1, 0.15) is 81.2 Å². The number of allylic oxidation sites excluding steroid dienone is 1. The maximum Gasteiger partial charge on any atom is 0.303 e. The number of carbonyl (C=O) groups is 4.